The summed E-state index contributed by atoms with van der Waals surface area (Å²) < 4.78 is 6.13. The molecular formula is C22H23BrN2O4. The monoisotopic (exact) mass is 458 g/mol. The van der Waals surface area contributed by atoms with Crippen molar-refractivity contribution in [1.29, 1.82) is 0 Å². The highest BCUT2D eigenvalue weighted by molar-refractivity contribution is 9.10. The van der Waals surface area contributed by atoms with Crippen LogP contribution in [0.4, 0.5) is 11.4 Å². The van der Waals surface area contributed by atoms with Gasteiger partial charge in [-0.3, -0.25) is 14.4 Å². The predicted octanol–water partition coefficient (Wildman–Crippen LogP) is 3.91. The number of anilines is 2. The Labute approximate surface area is 178 Å². The number of aryl methyl sites for hydroxylation is 3. The highest BCUT2D eigenvalue weighted by atomic mass is 79.9. The Morgan fingerprint density at radius 2 is 1.93 bits per heavy atom. The smallest absolute Gasteiger partial charge is 0.311 e. The molecule has 29 heavy (non-hydrogen) atoms. The average Bonchev–Trinajstić information content (AvgIpc) is 3.06. The molecule has 1 fully saturated rings. The molecule has 1 aliphatic rings. The van der Waals surface area contributed by atoms with E-state index in [0.29, 0.717) is 5.69 Å². The molecule has 2 aromatic carbocycles. The first kappa shape index (κ1) is 21.0. The SMILES string of the molecule is Cc1cccc(N2C[C@H](C(=O)OCC(=O)Nc3cc(C)c(Br)cc3C)CC2=O)c1. The third-order valence-electron chi connectivity index (χ3n) is 4.90. The van der Waals surface area contributed by atoms with Crippen LogP contribution in [0.15, 0.2) is 40.9 Å². The minimum Gasteiger partial charge on any atom is -0.455 e. The van der Waals surface area contributed by atoms with Gasteiger partial charge in [-0.2, -0.15) is 0 Å². The fourth-order valence-electron chi connectivity index (χ4n) is 3.27. The minimum absolute atomic E-state index is 0.0827. The van der Waals surface area contributed by atoms with E-state index in [1.807, 2.05) is 57.2 Å². The van der Waals surface area contributed by atoms with Crippen LogP contribution >= 0.6 is 15.9 Å². The van der Waals surface area contributed by atoms with Gasteiger partial charge < -0.3 is 15.0 Å². The second-order valence-corrected chi connectivity index (χ2v) is 8.17. The lowest BCUT2D eigenvalue weighted by Gasteiger charge is -2.17. The van der Waals surface area contributed by atoms with Gasteiger partial charge in [0.05, 0.1) is 5.92 Å². The Balaban J connectivity index is 1.55. The quantitative estimate of drug-likeness (QED) is 0.689. The topological polar surface area (TPSA) is 75.7 Å². The molecular weight excluding hydrogens is 436 g/mol. The van der Waals surface area contributed by atoms with Gasteiger partial charge in [-0.1, -0.05) is 28.1 Å². The summed E-state index contributed by atoms with van der Waals surface area (Å²) >= 11 is 3.45. The summed E-state index contributed by atoms with van der Waals surface area (Å²) in [4.78, 5) is 38.5. The molecule has 1 heterocycles. The third-order valence-corrected chi connectivity index (χ3v) is 5.75. The number of nitrogens with one attached hydrogen (secondary N) is 1. The van der Waals surface area contributed by atoms with Crippen molar-refractivity contribution in [1.82, 2.24) is 0 Å². The summed E-state index contributed by atoms with van der Waals surface area (Å²) in [6.07, 6.45) is 0.0827. The predicted molar refractivity (Wildman–Crippen MR) is 115 cm³/mol. The lowest BCUT2D eigenvalue weighted by atomic mass is 10.1. The van der Waals surface area contributed by atoms with E-state index >= 15 is 0 Å². The zero-order valence-corrected chi connectivity index (χ0v) is 18.2. The maximum absolute atomic E-state index is 12.4. The van der Waals surface area contributed by atoms with Gasteiger partial charge in [0.15, 0.2) is 6.61 Å². The van der Waals surface area contributed by atoms with E-state index < -0.39 is 17.8 Å². The van der Waals surface area contributed by atoms with Crippen LogP contribution in [0.25, 0.3) is 0 Å². The van der Waals surface area contributed by atoms with E-state index in [2.05, 4.69) is 21.2 Å². The van der Waals surface area contributed by atoms with Crippen molar-refractivity contribution >= 4 is 45.1 Å². The van der Waals surface area contributed by atoms with E-state index in [9.17, 15) is 14.4 Å². The number of carbonyl (C=O) groups is 3. The Bertz CT molecular complexity index is 973. The largest absolute Gasteiger partial charge is 0.455 e. The molecule has 6 nitrogen and oxygen atoms in total. The van der Waals surface area contributed by atoms with Crippen LogP contribution in [0.3, 0.4) is 0 Å². The number of amides is 2. The Kier molecular flexibility index (Phi) is 6.37. The van der Waals surface area contributed by atoms with Crippen LogP contribution in [0.1, 0.15) is 23.1 Å². The number of carbonyl (C=O) groups excluding carboxylic acids is 3. The second kappa shape index (κ2) is 8.78. The molecule has 0 aliphatic carbocycles. The summed E-state index contributed by atoms with van der Waals surface area (Å²) in [6.45, 7) is 5.63. The molecule has 0 aromatic heterocycles. The number of benzene rings is 2. The molecule has 1 atom stereocenters. The van der Waals surface area contributed by atoms with Crippen molar-refractivity contribution in [3.05, 3.63) is 57.6 Å². The first-order valence-electron chi connectivity index (χ1n) is 9.35. The van der Waals surface area contributed by atoms with Crippen molar-refractivity contribution < 1.29 is 19.1 Å². The first-order chi connectivity index (χ1) is 13.7. The van der Waals surface area contributed by atoms with E-state index in [-0.39, 0.29) is 25.5 Å². The zero-order chi connectivity index (χ0) is 21.1. The van der Waals surface area contributed by atoms with Crippen molar-refractivity contribution in [2.75, 3.05) is 23.4 Å². The van der Waals surface area contributed by atoms with Crippen molar-refractivity contribution in [3.63, 3.8) is 0 Å². The van der Waals surface area contributed by atoms with Gasteiger partial charge in [-0.25, -0.2) is 0 Å². The number of halogens is 1. The Morgan fingerprint density at radius 1 is 1.17 bits per heavy atom. The average molecular weight is 459 g/mol. The molecule has 1 N–H and O–H groups in total. The number of hydrogen-bond donors (Lipinski definition) is 1. The van der Waals surface area contributed by atoms with Crippen LogP contribution in [0.5, 0.6) is 0 Å². The first-order valence-corrected chi connectivity index (χ1v) is 10.1. The lowest BCUT2D eigenvalue weighted by Crippen LogP contribution is -2.28. The summed E-state index contributed by atoms with van der Waals surface area (Å²) in [5.74, 6) is -1.65. The summed E-state index contributed by atoms with van der Waals surface area (Å²) in [5, 5.41) is 2.76. The van der Waals surface area contributed by atoms with E-state index in [1.54, 1.807) is 4.90 Å². The number of nitrogens with zero attached hydrogens (tertiary/aromatic N) is 1. The highest BCUT2D eigenvalue weighted by Gasteiger charge is 2.36. The van der Waals surface area contributed by atoms with Gasteiger partial charge in [0, 0.05) is 28.8 Å². The van der Waals surface area contributed by atoms with Crippen LogP contribution < -0.4 is 10.2 Å². The van der Waals surface area contributed by atoms with Crippen molar-refractivity contribution in [2.45, 2.75) is 27.2 Å². The summed E-state index contributed by atoms with van der Waals surface area (Å²) in [5.41, 5.74) is 4.37. The number of ether oxygens (including phenoxy) is 1. The van der Waals surface area contributed by atoms with Crippen LogP contribution in [-0.2, 0) is 19.1 Å². The number of hydrogen-bond acceptors (Lipinski definition) is 4. The van der Waals surface area contributed by atoms with E-state index in [0.717, 1.165) is 26.9 Å². The van der Waals surface area contributed by atoms with Crippen LogP contribution in [0, 0.1) is 26.7 Å². The molecule has 1 aliphatic heterocycles. The summed E-state index contributed by atoms with van der Waals surface area (Å²) in [7, 11) is 0. The van der Waals surface area contributed by atoms with Crippen molar-refractivity contribution in [2.24, 2.45) is 5.92 Å². The van der Waals surface area contributed by atoms with Gasteiger partial charge in [0.25, 0.3) is 5.91 Å². The summed E-state index contributed by atoms with van der Waals surface area (Å²) in [6, 6.07) is 11.3. The molecule has 0 radical (unpaired) electrons. The maximum atomic E-state index is 12.4. The van der Waals surface area contributed by atoms with Gasteiger partial charge in [0.2, 0.25) is 5.91 Å². The zero-order valence-electron chi connectivity index (χ0n) is 16.6. The van der Waals surface area contributed by atoms with Crippen LogP contribution in [-0.4, -0.2) is 30.9 Å². The van der Waals surface area contributed by atoms with Gasteiger partial charge in [0.1, 0.15) is 0 Å². The highest BCUT2D eigenvalue weighted by Crippen LogP contribution is 2.27. The second-order valence-electron chi connectivity index (χ2n) is 7.32. The molecule has 2 aromatic rings. The molecule has 2 amide bonds. The number of rotatable bonds is 5. The van der Waals surface area contributed by atoms with Crippen LogP contribution in [0.2, 0.25) is 0 Å². The van der Waals surface area contributed by atoms with Gasteiger partial charge in [-0.05, 0) is 61.7 Å². The fourth-order valence-corrected chi connectivity index (χ4v) is 3.73. The molecule has 152 valence electrons. The molecule has 7 heteroatoms. The minimum atomic E-state index is -0.576. The molecule has 1 saturated heterocycles. The molecule has 3 rings (SSSR count). The normalized spacial score (nSPS) is 16.1. The standard InChI is InChI=1S/C22H23BrN2O4/c1-13-5-4-6-17(7-13)25-11-16(10-21(25)27)22(28)29-12-20(26)24-19-9-14(2)18(23)8-15(19)3/h4-9,16H,10-12H2,1-3H3,(H,24,26)/t16-/m1/s1. The Morgan fingerprint density at radius 3 is 2.66 bits per heavy atom. The number of esters is 1. The van der Waals surface area contributed by atoms with Gasteiger partial charge in [-0.15, -0.1) is 0 Å². The molecule has 0 unspecified atom stereocenters. The van der Waals surface area contributed by atoms with Crippen molar-refractivity contribution in [3.8, 4) is 0 Å². The van der Waals surface area contributed by atoms with E-state index in [1.165, 1.54) is 0 Å². The molecule has 0 spiro atoms. The molecule has 0 saturated carbocycles. The third kappa shape index (κ3) is 5.03. The Hall–Kier alpha value is -2.67. The van der Waals surface area contributed by atoms with E-state index in [4.69, 9.17) is 4.74 Å². The maximum Gasteiger partial charge on any atom is 0.311 e. The molecule has 0 bridgehead atoms. The lowest BCUT2D eigenvalue weighted by molar-refractivity contribution is -0.151. The fraction of sp³-hybridized carbons (Fsp3) is 0.318. The van der Waals surface area contributed by atoms with Gasteiger partial charge >= 0.3 is 5.97 Å².